The first-order valence-electron chi connectivity index (χ1n) is 8.81. The van der Waals surface area contributed by atoms with Gasteiger partial charge in [0.05, 0.1) is 16.5 Å². The lowest BCUT2D eigenvalue weighted by atomic mass is 10.1. The van der Waals surface area contributed by atoms with Gasteiger partial charge in [-0.25, -0.2) is 4.98 Å². The molecular weight excluding hydrogens is 371 g/mol. The summed E-state index contributed by atoms with van der Waals surface area (Å²) in [5.41, 5.74) is 0.217. The van der Waals surface area contributed by atoms with Gasteiger partial charge in [0.25, 0.3) is 11.5 Å². The zero-order chi connectivity index (χ0) is 19.9. The van der Waals surface area contributed by atoms with Crippen LogP contribution in [0.5, 0.6) is 0 Å². The number of alkyl halides is 3. The number of nitrogens with zero attached hydrogens (tertiary/aromatic N) is 2. The van der Waals surface area contributed by atoms with Gasteiger partial charge < -0.3 is 5.32 Å². The van der Waals surface area contributed by atoms with Crippen molar-refractivity contribution in [3.05, 3.63) is 75.3 Å². The first kappa shape index (κ1) is 18.2. The number of fused-ring (bicyclic) bond motifs is 2. The molecule has 0 atom stereocenters. The molecule has 0 spiro atoms. The molecule has 2 heterocycles. The zero-order valence-corrected chi connectivity index (χ0v) is 14.7. The highest BCUT2D eigenvalue weighted by Crippen LogP contribution is 2.29. The van der Waals surface area contributed by atoms with Crippen molar-refractivity contribution in [2.24, 2.45) is 0 Å². The minimum Gasteiger partial charge on any atom is -0.348 e. The molecule has 1 amide bonds. The van der Waals surface area contributed by atoms with Gasteiger partial charge in [-0.05, 0) is 42.3 Å². The number of nitrogens with one attached hydrogen (secondary N) is 1. The first-order chi connectivity index (χ1) is 13.3. The Bertz CT molecular complexity index is 1140. The fraction of sp³-hybridized carbons (Fsp3) is 0.250. The fourth-order valence-corrected chi connectivity index (χ4v) is 3.37. The van der Waals surface area contributed by atoms with E-state index in [2.05, 4.69) is 10.3 Å². The van der Waals surface area contributed by atoms with Gasteiger partial charge in [-0.1, -0.05) is 12.1 Å². The van der Waals surface area contributed by atoms with Crippen molar-refractivity contribution in [2.75, 3.05) is 0 Å². The Labute approximate surface area is 157 Å². The molecule has 0 aliphatic carbocycles. The van der Waals surface area contributed by atoms with Gasteiger partial charge in [0, 0.05) is 25.1 Å². The Morgan fingerprint density at radius 3 is 2.79 bits per heavy atom. The summed E-state index contributed by atoms with van der Waals surface area (Å²) in [4.78, 5) is 29.3. The summed E-state index contributed by atoms with van der Waals surface area (Å²) in [5, 5.41) is 3.05. The highest BCUT2D eigenvalue weighted by molar-refractivity contribution is 5.97. The number of hydrogen-bond acceptors (Lipinski definition) is 3. The standard InChI is InChI=1S/C20H16F3N3O2/c21-20(22,23)14-4-1-3-12(9-14)11-24-18(27)13-6-7-15-16(10-13)25-17-5-2-8-26(17)19(15)28/h1,3-4,6-7,9-10H,2,5,8,11H2,(H,24,27). The maximum Gasteiger partial charge on any atom is 0.416 e. The van der Waals surface area contributed by atoms with Crippen LogP contribution in [-0.2, 0) is 25.7 Å². The molecular formula is C20H16F3N3O2. The van der Waals surface area contributed by atoms with Crippen molar-refractivity contribution in [2.45, 2.75) is 32.1 Å². The number of aryl methyl sites for hydroxylation is 1. The quantitative estimate of drug-likeness (QED) is 0.750. The number of carbonyl (C=O) groups is 1. The van der Waals surface area contributed by atoms with Crippen LogP contribution in [-0.4, -0.2) is 15.5 Å². The number of hydrogen-bond donors (Lipinski definition) is 1. The van der Waals surface area contributed by atoms with Crippen molar-refractivity contribution in [1.29, 1.82) is 0 Å². The maximum absolute atomic E-state index is 12.8. The van der Waals surface area contributed by atoms with Crippen molar-refractivity contribution in [1.82, 2.24) is 14.9 Å². The van der Waals surface area contributed by atoms with Crippen LogP contribution in [0.3, 0.4) is 0 Å². The summed E-state index contributed by atoms with van der Waals surface area (Å²) in [6.45, 7) is 0.609. The summed E-state index contributed by atoms with van der Waals surface area (Å²) in [6.07, 6.45) is -2.85. The van der Waals surface area contributed by atoms with Crippen LogP contribution in [0.1, 0.15) is 33.7 Å². The SMILES string of the molecule is O=C(NCc1cccc(C(F)(F)F)c1)c1ccc2c(=O)n3c(nc2c1)CCC3. The van der Waals surface area contributed by atoms with E-state index >= 15 is 0 Å². The molecule has 28 heavy (non-hydrogen) atoms. The van der Waals surface area contributed by atoms with Crippen molar-refractivity contribution in [3.8, 4) is 0 Å². The Kier molecular flexibility index (Phi) is 4.41. The van der Waals surface area contributed by atoms with E-state index in [0.29, 0.717) is 34.4 Å². The van der Waals surface area contributed by atoms with E-state index in [9.17, 15) is 22.8 Å². The molecule has 1 aliphatic heterocycles. The Balaban J connectivity index is 1.55. The van der Waals surface area contributed by atoms with E-state index < -0.39 is 17.6 Å². The topological polar surface area (TPSA) is 64.0 Å². The van der Waals surface area contributed by atoms with Gasteiger partial charge in [-0.15, -0.1) is 0 Å². The number of aromatic nitrogens is 2. The van der Waals surface area contributed by atoms with Crippen LogP contribution < -0.4 is 10.9 Å². The normalized spacial score (nSPS) is 13.5. The zero-order valence-electron chi connectivity index (χ0n) is 14.7. The smallest absolute Gasteiger partial charge is 0.348 e. The number of amides is 1. The van der Waals surface area contributed by atoms with Gasteiger partial charge in [-0.3, -0.25) is 14.2 Å². The molecule has 4 rings (SSSR count). The van der Waals surface area contributed by atoms with Crippen LogP contribution in [0, 0.1) is 0 Å². The van der Waals surface area contributed by atoms with E-state index in [1.807, 2.05) is 0 Å². The minimum absolute atomic E-state index is 0.0406. The average molecular weight is 387 g/mol. The molecule has 1 aliphatic rings. The van der Waals surface area contributed by atoms with E-state index in [1.165, 1.54) is 24.3 Å². The molecule has 144 valence electrons. The van der Waals surface area contributed by atoms with E-state index in [0.717, 1.165) is 25.0 Å². The van der Waals surface area contributed by atoms with E-state index in [-0.39, 0.29) is 12.1 Å². The summed E-state index contributed by atoms with van der Waals surface area (Å²) in [6, 6.07) is 9.44. The fourth-order valence-electron chi connectivity index (χ4n) is 3.37. The molecule has 0 saturated heterocycles. The van der Waals surface area contributed by atoms with Crippen LogP contribution >= 0.6 is 0 Å². The molecule has 3 aromatic rings. The summed E-state index contributed by atoms with van der Waals surface area (Å²) < 4.78 is 40.0. The number of rotatable bonds is 3. The van der Waals surface area contributed by atoms with Gasteiger partial charge >= 0.3 is 6.18 Å². The molecule has 1 N–H and O–H groups in total. The molecule has 0 unspecified atom stereocenters. The second kappa shape index (κ2) is 6.78. The predicted molar refractivity (Wildman–Crippen MR) is 96.9 cm³/mol. The highest BCUT2D eigenvalue weighted by atomic mass is 19.4. The number of halogens is 3. The lowest BCUT2D eigenvalue weighted by molar-refractivity contribution is -0.137. The third kappa shape index (κ3) is 3.37. The second-order valence-corrected chi connectivity index (χ2v) is 6.70. The average Bonchev–Trinajstić information content (AvgIpc) is 3.14. The number of benzene rings is 2. The highest BCUT2D eigenvalue weighted by Gasteiger charge is 2.30. The van der Waals surface area contributed by atoms with E-state index in [1.54, 1.807) is 10.6 Å². The van der Waals surface area contributed by atoms with Gasteiger partial charge in [0.15, 0.2) is 0 Å². The minimum atomic E-state index is -4.43. The van der Waals surface area contributed by atoms with Gasteiger partial charge in [0.1, 0.15) is 5.82 Å². The third-order valence-corrected chi connectivity index (χ3v) is 4.79. The van der Waals surface area contributed by atoms with Crippen molar-refractivity contribution >= 4 is 16.8 Å². The predicted octanol–water partition coefficient (Wildman–Crippen LogP) is 3.29. The number of carbonyl (C=O) groups excluding carboxylic acids is 1. The Morgan fingerprint density at radius 1 is 1.18 bits per heavy atom. The maximum atomic E-state index is 12.8. The molecule has 8 heteroatoms. The van der Waals surface area contributed by atoms with Gasteiger partial charge in [-0.2, -0.15) is 13.2 Å². The molecule has 0 radical (unpaired) electrons. The van der Waals surface area contributed by atoms with Crippen LogP contribution in [0.2, 0.25) is 0 Å². The molecule has 0 saturated carbocycles. The lowest BCUT2D eigenvalue weighted by Gasteiger charge is -2.10. The molecule has 0 fully saturated rings. The van der Waals surface area contributed by atoms with Crippen LogP contribution in [0.25, 0.3) is 10.9 Å². The summed E-state index contributed by atoms with van der Waals surface area (Å²) in [7, 11) is 0. The van der Waals surface area contributed by atoms with E-state index in [4.69, 9.17) is 0 Å². The third-order valence-electron chi connectivity index (χ3n) is 4.79. The lowest BCUT2D eigenvalue weighted by Crippen LogP contribution is -2.24. The molecule has 0 bridgehead atoms. The van der Waals surface area contributed by atoms with Gasteiger partial charge in [0.2, 0.25) is 0 Å². The van der Waals surface area contributed by atoms with Crippen LogP contribution in [0.15, 0.2) is 47.3 Å². The second-order valence-electron chi connectivity index (χ2n) is 6.70. The van der Waals surface area contributed by atoms with Crippen LogP contribution in [0.4, 0.5) is 13.2 Å². The molecule has 1 aromatic heterocycles. The summed E-state index contributed by atoms with van der Waals surface area (Å²) >= 11 is 0. The van der Waals surface area contributed by atoms with Crippen molar-refractivity contribution < 1.29 is 18.0 Å². The molecule has 5 nitrogen and oxygen atoms in total. The molecule has 2 aromatic carbocycles. The summed E-state index contributed by atoms with van der Waals surface area (Å²) in [5.74, 6) is 0.265. The largest absolute Gasteiger partial charge is 0.416 e. The Hall–Kier alpha value is -3.16. The first-order valence-corrected chi connectivity index (χ1v) is 8.81. The monoisotopic (exact) mass is 387 g/mol. The Morgan fingerprint density at radius 2 is 2.00 bits per heavy atom. The van der Waals surface area contributed by atoms with Crippen molar-refractivity contribution in [3.63, 3.8) is 0 Å².